The van der Waals surface area contributed by atoms with Crippen molar-refractivity contribution in [3.05, 3.63) is 127 Å². The van der Waals surface area contributed by atoms with E-state index in [1.165, 1.54) is 33.8 Å². The molecule has 1 atom stereocenters. The Labute approximate surface area is 290 Å². The molecule has 252 valence electrons. The van der Waals surface area contributed by atoms with Crippen molar-refractivity contribution in [1.82, 2.24) is 15.0 Å². The Morgan fingerprint density at radius 3 is 1.75 bits per heavy atom. The maximum Gasteiger partial charge on any atom is 0.354 e. The van der Waals surface area contributed by atoms with E-state index in [4.69, 9.17) is 5.73 Å². The Morgan fingerprint density at radius 1 is 0.729 bits per heavy atom. The molecule has 1 unspecified atom stereocenters. The van der Waals surface area contributed by atoms with Gasteiger partial charge in [-0.05, 0) is 99.4 Å². The van der Waals surface area contributed by atoms with Crippen molar-refractivity contribution in [3.8, 4) is 6.07 Å². The lowest BCUT2D eigenvalue weighted by atomic mass is 10.1. The van der Waals surface area contributed by atoms with Gasteiger partial charge >= 0.3 is 5.69 Å². The molecule has 0 saturated carbocycles. The summed E-state index contributed by atoms with van der Waals surface area (Å²) in [6.07, 6.45) is 0. The Bertz CT molecular complexity index is 1740. The van der Waals surface area contributed by atoms with Crippen LogP contribution in [0.1, 0.15) is 23.9 Å². The van der Waals surface area contributed by atoms with Gasteiger partial charge in [0, 0.05) is 28.5 Å². The average Bonchev–Trinajstić information content (AvgIpc) is 3.09. The lowest BCUT2D eigenvalue weighted by molar-refractivity contribution is 0.989. The number of nitrogens with zero attached hydrogens (tertiary/aromatic N) is 4. The van der Waals surface area contributed by atoms with Crippen molar-refractivity contribution in [2.75, 3.05) is 36.7 Å². The van der Waals surface area contributed by atoms with E-state index in [9.17, 15) is 0 Å². The van der Waals surface area contributed by atoms with Crippen molar-refractivity contribution in [3.63, 3.8) is 0 Å². The van der Waals surface area contributed by atoms with E-state index in [-0.39, 0.29) is 17.2 Å². The molecule has 1 aromatic heterocycles. The maximum absolute atomic E-state index is 5.69. The summed E-state index contributed by atoms with van der Waals surface area (Å²) in [6.45, 7) is 24.4. The van der Waals surface area contributed by atoms with E-state index < -0.39 is 0 Å². The fourth-order valence-electron chi connectivity index (χ4n) is 4.17. The number of rotatable bonds is 6. The summed E-state index contributed by atoms with van der Waals surface area (Å²) < 4.78 is 0. The highest BCUT2D eigenvalue weighted by atomic mass is 32.7. The van der Waals surface area contributed by atoms with Crippen molar-refractivity contribution in [1.29, 1.82) is 0 Å². The molecular weight excluding hydrogens is 632 g/mol. The summed E-state index contributed by atoms with van der Waals surface area (Å²) in [5.41, 5.74) is 16.2. The third kappa shape index (κ3) is 12.4. The number of hydrogen-bond acceptors (Lipinski definition) is 7. The first-order valence-corrected chi connectivity index (χ1v) is 19.3. The molecule has 0 aliphatic rings. The topological polar surface area (TPSA) is 119 Å². The SMILES string of the molecule is C=C.C=C.C=S(c1c([N+]#CC)ccc2c(C)cccc12)P(C)C.CN.Cc1ccc(Nc2nc(C)nc(Nc3ccc(N)cc3)n2)cc1. The first-order valence-electron chi connectivity index (χ1n) is 15.0. The second kappa shape index (κ2) is 21.8. The van der Waals surface area contributed by atoms with Crippen LogP contribution >= 0.6 is 17.2 Å². The normalized spacial score (nSPS) is 10.1. The molecule has 0 aliphatic heterocycles. The molecule has 8 nitrogen and oxygen atoms in total. The number of nitrogens with one attached hydrogen (secondary N) is 2. The zero-order valence-corrected chi connectivity index (χ0v) is 31.1. The minimum Gasteiger partial charge on any atom is -0.399 e. The zero-order valence-electron chi connectivity index (χ0n) is 29.3. The second-order valence-corrected chi connectivity index (χ2v) is 16.1. The largest absolute Gasteiger partial charge is 0.399 e. The monoisotopic (exact) mass is 681 g/mol. The number of benzene rings is 4. The highest BCUT2D eigenvalue weighted by Gasteiger charge is 2.19. The Morgan fingerprint density at radius 2 is 1.25 bits per heavy atom. The molecule has 0 bridgehead atoms. The third-order valence-electron chi connectivity index (χ3n) is 6.34. The molecule has 10 heteroatoms. The lowest BCUT2D eigenvalue weighted by Gasteiger charge is -2.13. The van der Waals surface area contributed by atoms with E-state index in [0.29, 0.717) is 23.4 Å². The fraction of sp³-hybridized carbons (Fsp3) is 0.184. The first kappa shape index (κ1) is 41.2. The molecule has 48 heavy (non-hydrogen) atoms. The highest BCUT2D eigenvalue weighted by molar-refractivity contribution is 8.64. The van der Waals surface area contributed by atoms with Crippen molar-refractivity contribution in [2.24, 2.45) is 5.73 Å². The molecule has 1 heterocycles. The predicted octanol–water partition coefficient (Wildman–Crippen LogP) is 10.6. The third-order valence-corrected chi connectivity index (χ3v) is 11.3. The van der Waals surface area contributed by atoms with Gasteiger partial charge in [-0.1, -0.05) is 48.9 Å². The van der Waals surface area contributed by atoms with Crippen LogP contribution in [0, 0.1) is 26.8 Å². The van der Waals surface area contributed by atoms with Gasteiger partial charge in [-0.3, -0.25) is 0 Å². The molecule has 5 aromatic rings. The zero-order chi connectivity index (χ0) is 36.2. The number of anilines is 5. The summed E-state index contributed by atoms with van der Waals surface area (Å²) in [5.74, 6) is 6.01. The quantitative estimate of drug-likeness (QED) is 0.0609. The van der Waals surface area contributed by atoms with E-state index in [2.05, 4.69) is 125 Å². The number of hydrogen-bond donors (Lipinski definition) is 4. The fourth-order valence-corrected chi connectivity index (χ4v) is 6.99. The van der Waals surface area contributed by atoms with Gasteiger partial charge in [-0.15, -0.1) is 36.4 Å². The Hall–Kier alpha value is -4.87. The number of aromatic nitrogens is 3. The molecule has 0 saturated heterocycles. The van der Waals surface area contributed by atoms with Crippen LogP contribution in [0.15, 0.2) is 110 Å². The van der Waals surface area contributed by atoms with Crippen LogP contribution < -0.4 is 22.1 Å². The van der Waals surface area contributed by atoms with Gasteiger partial charge in [-0.2, -0.15) is 15.0 Å². The van der Waals surface area contributed by atoms with Crippen molar-refractivity contribution in [2.45, 2.75) is 32.6 Å². The first-order chi connectivity index (χ1) is 23.1. The summed E-state index contributed by atoms with van der Waals surface area (Å²) in [5, 5.41) is 8.94. The molecule has 6 N–H and O–H groups in total. The molecule has 0 radical (unpaired) electrons. The van der Waals surface area contributed by atoms with Crippen molar-refractivity contribution >= 4 is 68.5 Å². The smallest absolute Gasteiger partial charge is 0.354 e. The highest BCUT2D eigenvalue weighted by Crippen LogP contribution is 2.57. The second-order valence-electron chi connectivity index (χ2n) is 9.86. The maximum atomic E-state index is 5.69. The predicted molar refractivity (Wildman–Crippen MR) is 219 cm³/mol. The van der Waals surface area contributed by atoms with Crippen LogP contribution in [-0.2, 0) is 0 Å². The molecule has 4 aromatic carbocycles. The van der Waals surface area contributed by atoms with Gasteiger partial charge in [0.2, 0.25) is 11.9 Å². The number of nitrogen functional groups attached to an aromatic ring is 1. The Kier molecular flexibility index (Phi) is 18.7. The molecular formula is C38H50N8PS+. The summed E-state index contributed by atoms with van der Waals surface area (Å²) in [6, 6.07) is 29.1. The summed E-state index contributed by atoms with van der Waals surface area (Å²) in [4.78, 5) is 18.7. The van der Waals surface area contributed by atoms with Crippen LogP contribution in [0.25, 0.3) is 15.6 Å². The van der Waals surface area contributed by atoms with E-state index >= 15 is 0 Å². The molecule has 0 spiro atoms. The van der Waals surface area contributed by atoms with Gasteiger partial charge in [0.05, 0.1) is 6.92 Å². The van der Waals surface area contributed by atoms with E-state index in [0.717, 1.165) is 17.1 Å². The van der Waals surface area contributed by atoms with Gasteiger partial charge < -0.3 is 22.1 Å². The van der Waals surface area contributed by atoms with Gasteiger partial charge in [0.25, 0.3) is 6.07 Å². The van der Waals surface area contributed by atoms with Crippen LogP contribution in [-0.4, -0.2) is 41.2 Å². The molecule has 0 amide bonds. The molecule has 0 aliphatic carbocycles. The summed E-state index contributed by atoms with van der Waals surface area (Å²) >= 11 is 0. The number of aryl methyl sites for hydroxylation is 3. The summed E-state index contributed by atoms with van der Waals surface area (Å²) in [7, 11) is 1.38. The lowest BCUT2D eigenvalue weighted by Crippen LogP contribution is -2.05. The van der Waals surface area contributed by atoms with Gasteiger partial charge in [0.1, 0.15) is 10.7 Å². The van der Waals surface area contributed by atoms with Crippen LogP contribution in [0.5, 0.6) is 0 Å². The van der Waals surface area contributed by atoms with Crippen molar-refractivity contribution < 1.29 is 0 Å². The van der Waals surface area contributed by atoms with Crippen LogP contribution in [0.2, 0.25) is 0 Å². The minimum absolute atomic E-state index is 0.0000617. The van der Waals surface area contributed by atoms with E-state index in [1.807, 2.05) is 69.3 Å². The number of fused-ring (bicyclic) bond motifs is 1. The van der Waals surface area contributed by atoms with Crippen LogP contribution in [0.3, 0.4) is 0 Å². The van der Waals surface area contributed by atoms with Crippen LogP contribution in [0.4, 0.5) is 34.6 Å². The molecule has 0 fully saturated rings. The van der Waals surface area contributed by atoms with Gasteiger partial charge in [0.15, 0.2) is 0 Å². The average molecular weight is 682 g/mol. The van der Waals surface area contributed by atoms with Gasteiger partial charge in [-0.25, -0.2) is 0 Å². The molecule has 5 rings (SSSR count). The minimum atomic E-state index is -0.119. The van der Waals surface area contributed by atoms with E-state index in [1.54, 1.807) is 0 Å². The standard InChI is InChI=1S/C17H18N6.C16H19NPS.2C2H4.CH5N/c1-11-3-7-14(8-4-11)21-16-19-12(2)20-17(23-16)22-15-9-5-13(18)6-10-15;1-6-17-15-11-10-13-12(2)8-7-9-14(13)16(15)19(5)18(3)4;3*1-2/h3-10H,18H2,1-2H3,(H2,19,20,21,22,23);7-11H,5H2,1-4H3;2*1-2H2;2H2,1H3/q;+1;;;. The Balaban J connectivity index is 0.000000421. The number of nitrogens with two attached hydrogens (primary N) is 2.